The van der Waals surface area contributed by atoms with Gasteiger partial charge < -0.3 is 15.4 Å². The zero-order valence-corrected chi connectivity index (χ0v) is 18.0. The van der Waals surface area contributed by atoms with Crippen LogP contribution < -0.4 is 10.6 Å². The zero-order chi connectivity index (χ0) is 22.2. The predicted molar refractivity (Wildman–Crippen MR) is 117 cm³/mol. The molecule has 2 amide bonds. The highest BCUT2D eigenvalue weighted by Crippen LogP contribution is 2.24. The lowest BCUT2D eigenvalue weighted by Crippen LogP contribution is -2.44. The number of carbonyl (C=O) groups is 3. The zero-order valence-electron chi connectivity index (χ0n) is 17.2. The van der Waals surface area contributed by atoms with Crippen molar-refractivity contribution in [3.8, 4) is 0 Å². The SMILES string of the molecule is CSCCC(NC(=O)c1ccccc1)C(=O)OC(C(=O)NC1CC1)c1ccc(F)cc1. The Morgan fingerprint density at radius 3 is 2.39 bits per heavy atom. The number of rotatable bonds is 10. The summed E-state index contributed by atoms with van der Waals surface area (Å²) in [4.78, 5) is 38.3. The van der Waals surface area contributed by atoms with Crippen molar-refractivity contribution >= 4 is 29.5 Å². The van der Waals surface area contributed by atoms with Crippen molar-refractivity contribution in [2.45, 2.75) is 37.5 Å². The number of benzene rings is 2. The fourth-order valence-corrected chi connectivity index (χ4v) is 3.40. The van der Waals surface area contributed by atoms with E-state index in [1.807, 2.05) is 6.26 Å². The van der Waals surface area contributed by atoms with Gasteiger partial charge in [-0.1, -0.05) is 30.3 Å². The highest BCUT2D eigenvalue weighted by atomic mass is 32.2. The van der Waals surface area contributed by atoms with E-state index in [2.05, 4.69) is 10.6 Å². The van der Waals surface area contributed by atoms with Crippen LogP contribution >= 0.6 is 11.8 Å². The van der Waals surface area contributed by atoms with Gasteiger partial charge in [0.25, 0.3) is 11.8 Å². The fraction of sp³-hybridized carbons (Fsp3) is 0.348. The van der Waals surface area contributed by atoms with E-state index in [4.69, 9.17) is 4.74 Å². The third kappa shape index (κ3) is 6.82. The lowest BCUT2D eigenvalue weighted by Gasteiger charge is -2.22. The van der Waals surface area contributed by atoms with Crippen LogP contribution in [0.25, 0.3) is 0 Å². The average molecular weight is 445 g/mol. The number of halogens is 1. The smallest absolute Gasteiger partial charge is 0.329 e. The summed E-state index contributed by atoms with van der Waals surface area (Å²) in [6, 6.07) is 13.0. The van der Waals surface area contributed by atoms with Gasteiger partial charge in [0.05, 0.1) is 0 Å². The number of hydrogen-bond donors (Lipinski definition) is 2. The Labute approximate surface area is 184 Å². The summed E-state index contributed by atoms with van der Waals surface area (Å²) in [5.41, 5.74) is 0.789. The van der Waals surface area contributed by atoms with Crippen molar-refractivity contribution in [1.82, 2.24) is 10.6 Å². The van der Waals surface area contributed by atoms with E-state index in [9.17, 15) is 18.8 Å². The Kier molecular flexibility index (Phi) is 8.06. The maximum atomic E-state index is 13.3. The van der Waals surface area contributed by atoms with Crippen LogP contribution in [0.1, 0.15) is 41.3 Å². The summed E-state index contributed by atoms with van der Waals surface area (Å²) in [5, 5.41) is 5.53. The molecule has 1 saturated carbocycles. The molecule has 0 saturated heterocycles. The molecule has 0 spiro atoms. The molecule has 2 aromatic carbocycles. The summed E-state index contributed by atoms with van der Waals surface area (Å²) in [7, 11) is 0. The van der Waals surface area contributed by atoms with E-state index in [0.29, 0.717) is 23.3 Å². The summed E-state index contributed by atoms with van der Waals surface area (Å²) in [5.74, 6) is -1.41. The Hall–Kier alpha value is -2.87. The number of thioether (sulfide) groups is 1. The molecule has 0 radical (unpaired) electrons. The fourth-order valence-electron chi connectivity index (χ4n) is 2.93. The van der Waals surface area contributed by atoms with Crippen LogP contribution in [0.4, 0.5) is 4.39 Å². The highest BCUT2D eigenvalue weighted by molar-refractivity contribution is 7.98. The van der Waals surface area contributed by atoms with Gasteiger partial charge in [-0.15, -0.1) is 0 Å². The van der Waals surface area contributed by atoms with Crippen molar-refractivity contribution in [2.75, 3.05) is 12.0 Å². The van der Waals surface area contributed by atoms with E-state index in [0.717, 1.165) is 12.8 Å². The first-order chi connectivity index (χ1) is 15.0. The summed E-state index contributed by atoms with van der Waals surface area (Å²) >= 11 is 1.53. The van der Waals surface area contributed by atoms with Crippen molar-refractivity contribution in [2.24, 2.45) is 0 Å². The minimum atomic E-state index is -1.22. The van der Waals surface area contributed by atoms with Crippen molar-refractivity contribution in [1.29, 1.82) is 0 Å². The Morgan fingerprint density at radius 2 is 1.77 bits per heavy atom. The molecule has 0 aliphatic heterocycles. The number of amides is 2. The van der Waals surface area contributed by atoms with Crippen LogP contribution in [-0.2, 0) is 14.3 Å². The van der Waals surface area contributed by atoms with E-state index in [-0.39, 0.29) is 6.04 Å². The maximum Gasteiger partial charge on any atom is 0.329 e. The first-order valence-corrected chi connectivity index (χ1v) is 11.5. The molecule has 8 heteroatoms. The molecule has 2 atom stereocenters. The van der Waals surface area contributed by atoms with Crippen LogP contribution in [0.3, 0.4) is 0 Å². The maximum absolute atomic E-state index is 13.3. The molecule has 31 heavy (non-hydrogen) atoms. The van der Waals surface area contributed by atoms with Crippen molar-refractivity contribution in [3.63, 3.8) is 0 Å². The van der Waals surface area contributed by atoms with Gasteiger partial charge in [-0.3, -0.25) is 9.59 Å². The molecule has 1 aliphatic rings. The molecule has 0 heterocycles. The number of hydrogen-bond acceptors (Lipinski definition) is 5. The second kappa shape index (κ2) is 10.9. The highest BCUT2D eigenvalue weighted by Gasteiger charge is 2.33. The van der Waals surface area contributed by atoms with Gasteiger partial charge in [-0.05, 0) is 55.5 Å². The molecule has 0 bridgehead atoms. The molecule has 3 rings (SSSR count). The molecule has 6 nitrogen and oxygen atoms in total. The van der Waals surface area contributed by atoms with Gasteiger partial charge in [0.2, 0.25) is 6.10 Å². The number of esters is 1. The quantitative estimate of drug-likeness (QED) is 0.550. The number of ether oxygens (including phenoxy) is 1. The lowest BCUT2D eigenvalue weighted by molar-refractivity contribution is -0.158. The normalized spacial score (nSPS) is 14.9. The Balaban J connectivity index is 1.75. The molecule has 1 aliphatic carbocycles. The van der Waals surface area contributed by atoms with Gasteiger partial charge in [0.1, 0.15) is 11.9 Å². The largest absolute Gasteiger partial charge is 0.446 e. The van der Waals surface area contributed by atoms with E-state index < -0.39 is 35.7 Å². The van der Waals surface area contributed by atoms with Gasteiger partial charge in [-0.2, -0.15) is 11.8 Å². The third-order valence-electron chi connectivity index (χ3n) is 4.81. The monoisotopic (exact) mass is 444 g/mol. The lowest BCUT2D eigenvalue weighted by atomic mass is 10.1. The predicted octanol–water partition coefficient (Wildman–Crippen LogP) is 3.24. The molecule has 164 valence electrons. The number of nitrogens with one attached hydrogen (secondary N) is 2. The average Bonchev–Trinajstić information content (AvgIpc) is 3.60. The standard InChI is InChI=1S/C23H25FN2O4S/c1-31-14-13-19(26-21(27)16-5-3-2-4-6-16)23(29)30-20(22(28)25-18-11-12-18)15-7-9-17(24)10-8-15/h2-10,18-20H,11-14H2,1H3,(H,25,28)(H,26,27). The number of carbonyl (C=O) groups excluding carboxylic acids is 3. The molecule has 2 N–H and O–H groups in total. The molecular formula is C23H25FN2O4S. The first kappa shape index (κ1) is 22.8. The summed E-state index contributed by atoms with van der Waals surface area (Å²) in [6.07, 6.45) is 2.77. The first-order valence-electron chi connectivity index (χ1n) is 10.1. The minimum Gasteiger partial charge on any atom is -0.446 e. The van der Waals surface area contributed by atoms with Crippen LogP contribution in [0.15, 0.2) is 54.6 Å². The van der Waals surface area contributed by atoms with Crippen LogP contribution in [-0.4, -0.2) is 41.9 Å². The van der Waals surface area contributed by atoms with Gasteiger partial charge >= 0.3 is 5.97 Å². The molecule has 0 aromatic heterocycles. The van der Waals surface area contributed by atoms with Crippen molar-refractivity contribution < 1.29 is 23.5 Å². The second-order valence-electron chi connectivity index (χ2n) is 7.32. The molecule has 2 aromatic rings. The van der Waals surface area contributed by atoms with Crippen molar-refractivity contribution in [3.05, 3.63) is 71.5 Å². The van der Waals surface area contributed by atoms with E-state index in [1.54, 1.807) is 30.3 Å². The van der Waals surface area contributed by atoms with Crippen LogP contribution in [0.2, 0.25) is 0 Å². The van der Waals surface area contributed by atoms with Crippen LogP contribution in [0, 0.1) is 5.82 Å². The third-order valence-corrected chi connectivity index (χ3v) is 5.45. The minimum absolute atomic E-state index is 0.0687. The summed E-state index contributed by atoms with van der Waals surface area (Å²) in [6.45, 7) is 0. The molecule has 1 fully saturated rings. The summed E-state index contributed by atoms with van der Waals surface area (Å²) < 4.78 is 18.9. The molecule has 2 unspecified atom stereocenters. The second-order valence-corrected chi connectivity index (χ2v) is 8.31. The Bertz CT molecular complexity index is 904. The topological polar surface area (TPSA) is 84.5 Å². The van der Waals surface area contributed by atoms with Gasteiger partial charge in [0, 0.05) is 17.2 Å². The van der Waals surface area contributed by atoms with E-state index in [1.165, 1.54) is 36.0 Å². The van der Waals surface area contributed by atoms with Crippen LogP contribution in [0.5, 0.6) is 0 Å². The van der Waals surface area contributed by atoms with E-state index >= 15 is 0 Å². The van der Waals surface area contributed by atoms with Gasteiger partial charge in [-0.25, -0.2) is 9.18 Å². The molecular weight excluding hydrogens is 419 g/mol. The van der Waals surface area contributed by atoms with Gasteiger partial charge in [0.15, 0.2) is 0 Å². The Morgan fingerprint density at radius 1 is 1.10 bits per heavy atom.